The quantitative estimate of drug-likeness (QED) is 0.594. The summed E-state index contributed by atoms with van der Waals surface area (Å²) in [5, 5.41) is 7.96. The minimum absolute atomic E-state index is 0.185. The van der Waals surface area contributed by atoms with Crippen molar-refractivity contribution >= 4 is 11.6 Å². The molecule has 6 nitrogen and oxygen atoms in total. The van der Waals surface area contributed by atoms with Crippen LogP contribution in [0.4, 0.5) is 0 Å². The molecule has 0 saturated heterocycles. The van der Waals surface area contributed by atoms with E-state index in [0.29, 0.717) is 11.4 Å². The molecule has 0 radical (unpaired) electrons. The van der Waals surface area contributed by atoms with Gasteiger partial charge in [0, 0.05) is 26.0 Å². The molecule has 0 N–H and O–H groups in total. The summed E-state index contributed by atoms with van der Waals surface area (Å²) in [4.78, 5) is 23.8. The molecule has 0 saturated carbocycles. The number of nitrogens with zero attached hydrogens (tertiary/aromatic N) is 4. The summed E-state index contributed by atoms with van der Waals surface area (Å²) in [6, 6.07) is 3.28. The Hall–Kier alpha value is -2.24. The van der Waals surface area contributed by atoms with Gasteiger partial charge in [-0.1, -0.05) is 0 Å². The Morgan fingerprint density at radius 1 is 1.22 bits per heavy atom. The van der Waals surface area contributed by atoms with Gasteiger partial charge in [0.15, 0.2) is 11.6 Å². The monoisotopic (exact) mass is 246 g/mol. The van der Waals surface area contributed by atoms with Gasteiger partial charge in [-0.25, -0.2) is 0 Å². The second-order valence-electron chi connectivity index (χ2n) is 4.16. The van der Waals surface area contributed by atoms with Crippen molar-refractivity contribution in [2.75, 3.05) is 0 Å². The predicted molar refractivity (Wildman–Crippen MR) is 64.4 cm³/mol. The minimum Gasteiger partial charge on any atom is -0.292 e. The van der Waals surface area contributed by atoms with Crippen LogP contribution in [0.1, 0.15) is 33.1 Å². The maximum atomic E-state index is 11.9. The van der Waals surface area contributed by atoms with Crippen LogP contribution in [0.25, 0.3) is 0 Å². The first-order valence-corrected chi connectivity index (χ1v) is 5.54. The number of rotatable bonds is 4. The Morgan fingerprint density at radius 2 is 1.94 bits per heavy atom. The average molecular weight is 246 g/mol. The van der Waals surface area contributed by atoms with Crippen molar-refractivity contribution in [3.05, 3.63) is 35.4 Å². The van der Waals surface area contributed by atoms with Crippen LogP contribution in [0.15, 0.2) is 18.3 Å². The number of Topliss-reactive ketones (excluding diaryl/α,β-unsaturated/α-hetero) is 2. The molecule has 2 aromatic heterocycles. The van der Waals surface area contributed by atoms with E-state index in [1.165, 1.54) is 10.9 Å². The molecule has 2 rings (SSSR count). The van der Waals surface area contributed by atoms with Crippen LogP contribution in [0.2, 0.25) is 0 Å². The van der Waals surface area contributed by atoms with Crippen molar-refractivity contribution in [2.24, 2.45) is 14.1 Å². The van der Waals surface area contributed by atoms with Gasteiger partial charge in [-0.05, 0) is 19.1 Å². The first-order valence-electron chi connectivity index (χ1n) is 5.54. The summed E-state index contributed by atoms with van der Waals surface area (Å²) >= 11 is 0. The average Bonchev–Trinajstić information content (AvgIpc) is 2.86. The number of hydrogen-bond donors (Lipinski definition) is 0. The maximum Gasteiger partial charge on any atom is 0.190 e. The van der Waals surface area contributed by atoms with Crippen molar-refractivity contribution in [1.29, 1.82) is 0 Å². The van der Waals surface area contributed by atoms with Gasteiger partial charge >= 0.3 is 0 Å². The molecule has 0 aliphatic rings. The molecule has 0 spiro atoms. The molecule has 0 aliphatic heterocycles. The summed E-state index contributed by atoms with van der Waals surface area (Å²) in [6.07, 6.45) is 1.35. The normalized spacial score (nSPS) is 10.6. The first-order chi connectivity index (χ1) is 8.49. The molecule has 0 aromatic carbocycles. The second-order valence-corrected chi connectivity index (χ2v) is 4.16. The molecule has 0 unspecified atom stereocenters. The third-order valence-electron chi connectivity index (χ3n) is 2.83. The van der Waals surface area contributed by atoms with Crippen LogP contribution in [0, 0.1) is 6.92 Å². The van der Waals surface area contributed by atoms with E-state index in [0.717, 1.165) is 5.69 Å². The van der Waals surface area contributed by atoms with E-state index in [-0.39, 0.29) is 18.0 Å². The number of carbonyl (C=O) groups excluding carboxylic acids is 2. The fourth-order valence-corrected chi connectivity index (χ4v) is 1.67. The smallest absolute Gasteiger partial charge is 0.190 e. The molecule has 94 valence electrons. The lowest BCUT2D eigenvalue weighted by Crippen LogP contribution is -2.13. The van der Waals surface area contributed by atoms with Crippen LogP contribution in [0.5, 0.6) is 0 Å². The number of ketones is 2. The standard InChI is InChI=1S/C12H14N4O2/c1-8-6-9(14-15(8)2)11(17)7-12(18)10-4-5-13-16(10)3/h4-6H,7H2,1-3H3. The van der Waals surface area contributed by atoms with Gasteiger partial charge in [-0.15, -0.1) is 0 Å². The zero-order valence-electron chi connectivity index (χ0n) is 10.5. The Bertz CT molecular complexity index is 590. The Labute approximate surface area is 104 Å². The molecule has 18 heavy (non-hydrogen) atoms. The van der Waals surface area contributed by atoms with Crippen molar-refractivity contribution in [2.45, 2.75) is 13.3 Å². The zero-order valence-corrected chi connectivity index (χ0v) is 10.5. The number of carbonyl (C=O) groups is 2. The highest BCUT2D eigenvalue weighted by Gasteiger charge is 2.18. The molecular formula is C12H14N4O2. The lowest BCUT2D eigenvalue weighted by Gasteiger charge is -1.99. The van der Waals surface area contributed by atoms with E-state index in [4.69, 9.17) is 0 Å². The third-order valence-corrected chi connectivity index (χ3v) is 2.83. The highest BCUT2D eigenvalue weighted by Crippen LogP contribution is 2.08. The van der Waals surface area contributed by atoms with E-state index >= 15 is 0 Å². The lowest BCUT2D eigenvalue weighted by molar-refractivity contribution is 0.0886. The molecule has 0 aliphatic carbocycles. The van der Waals surface area contributed by atoms with Gasteiger partial charge in [0.1, 0.15) is 11.4 Å². The van der Waals surface area contributed by atoms with E-state index < -0.39 is 0 Å². The maximum absolute atomic E-state index is 11.9. The SMILES string of the molecule is Cc1cc(C(=O)CC(=O)c2ccnn2C)nn1C. The van der Waals surface area contributed by atoms with Crippen molar-refractivity contribution < 1.29 is 9.59 Å². The highest BCUT2D eigenvalue weighted by atomic mass is 16.1. The molecule has 2 heterocycles. The fraction of sp³-hybridized carbons (Fsp3) is 0.333. The summed E-state index contributed by atoms with van der Waals surface area (Å²) in [5.41, 5.74) is 1.63. The summed E-state index contributed by atoms with van der Waals surface area (Å²) in [5.74, 6) is -0.520. The molecule has 0 amide bonds. The van der Waals surface area contributed by atoms with Crippen LogP contribution in [0.3, 0.4) is 0 Å². The molecule has 6 heteroatoms. The van der Waals surface area contributed by atoms with Gasteiger partial charge in [-0.2, -0.15) is 10.2 Å². The van der Waals surface area contributed by atoms with E-state index in [9.17, 15) is 9.59 Å². The first kappa shape index (κ1) is 12.2. The summed E-state index contributed by atoms with van der Waals surface area (Å²) < 4.78 is 3.07. The highest BCUT2D eigenvalue weighted by molar-refractivity contribution is 6.12. The Kier molecular flexibility index (Phi) is 3.10. The van der Waals surface area contributed by atoms with Gasteiger partial charge in [-0.3, -0.25) is 19.0 Å². The number of hydrogen-bond acceptors (Lipinski definition) is 4. The van der Waals surface area contributed by atoms with Crippen LogP contribution in [-0.2, 0) is 14.1 Å². The molecule has 2 aromatic rings. The largest absolute Gasteiger partial charge is 0.292 e. The predicted octanol–water partition coefficient (Wildman–Crippen LogP) is 0.918. The van der Waals surface area contributed by atoms with Crippen molar-refractivity contribution in [1.82, 2.24) is 19.6 Å². The zero-order chi connectivity index (χ0) is 13.3. The Morgan fingerprint density at radius 3 is 2.44 bits per heavy atom. The Balaban J connectivity index is 2.13. The topological polar surface area (TPSA) is 69.8 Å². The van der Waals surface area contributed by atoms with E-state index in [1.807, 2.05) is 6.92 Å². The van der Waals surface area contributed by atoms with Crippen molar-refractivity contribution in [3.8, 4) is 0 Å². The fourth-order valence-electron chi connectivity index (χ4n) is 1.67. The van der Waals surface area contributed by atoms with Gasteiger partial charge in [0.2, 0.25) is 0 Å². The second kappa shape index (κ2) is 4.56. The summed E-state index contributed by atoms with van der Waals surface area (Å²) in [6.45, 7) is 1.85. The number of aromatic nitrogens is 4. The van der Waals surface area contributed by atoms with Gasteiger partial charge < -0.3 is 0 Å². The van der Waals surface area contributed by atoms with Crippen LogP contribution < -0.4 is 0 Å². The number of aryl methyl sites for hydroxylation is 3. The molecule has 0 bridgehead atoms. The minimum atomic E-state index is -0.273. The van der Waals surface area contributed by atoms with Gasteiger partial charge in [0.25, 0.3) is 0 Å². The lowest BCUT2D eigenvalue weighted by atomic mass is 10.1. The van der Waals surface area contributed by atoms with Crippen LogP contribution >= 0.6 is 0 Å². The summed E-state index contributed by atoms with van der Waals surface area (Å²) in [7, 11) is 3.43. The molecule has 0 fully saturated rings. The third kappa shape index (κ3) is 2.22. The van der Waals surface area contributed by atoms with Gasteiger partial charge in [0.05, 0.1) is 6.42 Å². The van der Waals surface area contributed by atoms with E-state index in [1.54, 1.807) is 30.9 Å². The molecule has 0 atom stereocenters. The molecular weight excluding hydrogens is 232 g/mol. The van der Waals surface area contributed by atoms with Crippen LogP contribution in [-0.4, -0.2) is 31.1 Å². The van der Waals surface area contributed by atoms with E-state index in [2.05, 4.69) is 10.2 Å². The van der Waals surface area contributed by atoms with Crippen molar-refractivity contribution in [3.63, 3.8) is 0 Å².